The number of nitrogens with one attached hydrogen (secondary N) is 1. The van der Waals surface area contributed by atoms with E-state index in [2.05, 4.69) is 15.6 Å². The van der Waals surface area contributed by atoms with Gasteiger partial charge in [-0.3, -0.25) is 9.59 Å². The number of amides is 4. The molecule has 0 aliphatic carbocycles. The lowest BCUT2D eigenvalue weighted by atomic mass is 9.90. The smallest absolute Gasteiger partial charge is 0.317 e. The normalized spacial score (nSPS) is 20.9. The van der Waals surface area contributed by atoms with E-state index >= 15 is 0 Å². The summed E-state index contributed by atoms with van der Waals surface area (Å²) in [5.74, 6) is 0.162. The molecule has 2 saturated heterocycles. The molecular formula is C26H32ClF2N7O4. The van der Waals surface area contributed by atoms with Gasteiger partial charge in [-0.2, -0.15) is 0 Å². The Bertz CT molecular complexity index is 1310. The number of ether oxygens (including phenoxy) is 1. The molecule has 4 heterocycles. The number of alkyl halides is 2. The number of likely N-dealkylation sites (tertiary alicyclic amines) is 2. The summed E-state index contributed by atoms with van der Waals surface area (Å²) in [6.45, 7) is 1.35. The predicted molar refractivity (Wildman–Crippen MR) is 140 cm³/mol. The Balaban J connectivity index is 1.51. The van der Waals surface area contributed by atoms with Gasteiger partial charge in [0.1, 0.15) is 29.8 Å². The monoisotopic (exact) mass is 579 g/mol. The SMILES string of the molecule is CNC(=O)N1CCC[C@H]1C(=O)N1CCc2c(Cl)ccc(OCc3nnn(C)c3C(F)F)c2[C@H]1CN1CCCC1=O. The molecular weight excluding hydrogens is 548 g/mol. The number of rotatable bonds is 7. The minimum Gasteiger partial charge on any atom is -0.487 e. The van der Waals surface area contributed by atoms with Crippen LogP contribution in [-0.2, 0) is 29.7 Å². The number of urea groups is 1. The van der Waals surface area contributed by atoms with Crippen molar-refractivity contribution in [3.8, 4) is 5.75 Å². The van der Waals surface area contributed by atoms with Crippen LogP contribution in [0.3, 0.4) is 0 Å². The fraction of sp³-hybridized carbons (Fsp3) is 0.577. The van der Waals surface area contributed by atoms with E-state index in [0.29, 0.717) is 61.7 Å². The third-order valence-electron chi connectivity index (χ3n) is 7.95. The molecule has 40 heavy (non-hydrogen) atoms. The molecule has 216 valence electrons. The first-order chi connectivity index (χ1) is 19.2. The Labute approximate surface area is 235 Å². The van der Waals surface area contributed by atoms with Crippen molar-refractivity contribution in [1.82, 2.24) is 35.0 Å². The number of aryl methyl sites for hydroxylation is 1. The minimum atomic E-state index is -2.78. The maximum absolute atomic E-state index is 14.0. The molecule has 5 rings (SSSR count). The lowest BCUT2D eigenvalue weighted by Crippen LogP contribution is -2.54. The Kier molecular flexibility index (Phi) is 8.11. The molecule has 0 spiro atoms. The second-order valence-corrected chi connectivity index (χ2v) is 10.6. The lowest BCUT2D eigenvalue weighted by Gasteiger charge is -2.42. The molecule has 4 amide bonds. The summed E-state index contributed by atoms with van der Waals surface area (Å²) in [7, 11) is 2.92. The third-order valence-corrected chi connectivity index (χ3v) is 8.30. The zero-order valence-corrected chi connectivity index (χ0v) is 23.2. The predicted octanol–water partition coefficient (Wildman–Crippen LogP) is 2.84. The van der Waals surface area contributed by atoms with E-state index in [1.165, 1.54) is 14.1 Å². The van der Waals surface area contributed by atoms with Crippen LogP contribution in [0.4, 0.5) is 13.6 Å². The summed E-state index contributed by atoms with van der Waals surface area (Å²) in [5.41, 5.74) is 1.08. The van der Waals surface area contributed by atoms with Gasteiger partial charge in [0.05, 0.1) is 6.04 Å². The summed E-state index contributed by atoms with van der Waals surface area (Å²) >= 11 is 6.62. The molecule has 2 fully saturated rings. The number of fused-ring (bicyclic) bond motifs is 1. The van der Waals surface area contributed by atoms with Crippen molar-refractivity contribution in [1.29, 1.82) is 0 Å². The van der Waals surface area contributed by atoms with Gasteiger partial charge in [-0.05, 0) is 43.4 Å². The van der Waals surface area contributed by atoms with Crippen molar-refractivity contribution in [2.24, 2.45) is 7.05 Å². The number of hydrogen-bond donors (Lipinski definition) is 1. The first-order valence-electron chi connectivity index (χ1n) is 13.4. The fourth-order valence-corrected chi connectivity index (χ4v) is 6.25. The van der Waals surface area contributed by atoms with Gasteiger partial charge in [-0.15, -0.1) is 5.10 Å². The maximum atomic E-state index is 14.0. The van der Waals surface area contributed by atoms with Crippen LogP contribution in [0.2, 0.25) is 5.02 Å². The third kappa shape index (κ3) is 5.18. The highest BCUT2D eigenvalue weighted by atomic mass is 35.5. The van der Waals surface area contributed by atoms with Crippen LogP contribution in [0.25, 0.3) is 0 Å². The second-order valence-electron chi connectivity index (χ2n) is 10.2. The molecule has 0 saturated carbocycles. The number of nitrogens with zero attached hydrogens (tertiary/aromatic N) is 6. The van der Waals surface area contributed by atoms with E-state index in [1.807, 2.05) is 0 Å². The first-order valence-corrected chi connectivity index (χ1v) is 13.8. The summed E-state index contributed by atoms with van der Waals surface area (Å²) < 4.78 is 34.3. The molecule has 0 radical (unpaired) electrons. The van der Waals surface area contributed by atoms with Gasteiger partial charge >= 0.3 is 6.03 Å². The quantitative estimate of drug-likeness (QED) is 0.540. The number of hydrogen-bond acceptors (Lipinski definition) is 6. The number of carbonyl (C=O) groups is 3. The van der Waals surface area contributed by atoms with Crippen LogP contribution in [0.15, 0.2) is 12.1 Å². The number of aromatic nitrogens is 3. The van der Waals surface area contributed by atoms with E-state index in [0.717, 1.165) is 16.7 Å². The Morgan fingerprint density at radius 2 is 1.98 bits per heavy atom. The summed E-state index contributed by atoms with van der Waals surface area (Å²) in [5, 5.41) is 10.6. The van der Waals surface area contributed by atoms with Gasteiger partial charge in [0.15, 0.2) is 0 Å². The Morgan fingerprint density at radius 3 is 2.67 bits per heavy atom. The van der Waals surface area contributed by atoms with Crippen LogP contribution in [-0.4, -0.2) is 86.8 Å². The average Bonchev–Trinajstić information content (AvgIpc) is 3.68. The van der Waals surface area contributed by atoms with E-state index in [-0.39, 0.29) is 42.4 Å². The fourth-order valence-electron chi connectivity index (χ4n) is 5.99. The standard InChI is InChI=1S/C26H32ClF2N7O4/c1-30-26(39)36-11-3-5-18(36)25(38)35-12-9-15-16(27)7-8-20(22(15)19(35)13-34-10-4-6-21(34)37)40-14-17-23(24(28)29)33(2)32-31-17/h7-8,18-19,24H,3-6,9-14H2,1-2H3,(H,30,39)/t18-,19+/m0/s1. The van der Waals surface area contributed by atoms with Crippen LogP contribution in [0, 0.1) is 0 Å². The van der Waals surface area contributed by atoms with Gasteiger partial charge < -0.3 is 24.8 Å². The molecule has 2 atom stereocenters. The molecule has 0 unspecified atom stereocenters. The van der Waals surface area contributed by atoms with Gasteiger partial charge in [0.25, 0.3) is 6.43 Å². The van der Waals surface area contributed by atoms with Crippen molar-refractivity contribution in [2.75, 3.05) is 33.2 Å². The van der Waals surface area contributed by atoms with Crippen LogP contribution in [0.1, 0.15) is 60.7 Å². The highest BCUT2D eigenvalue weighted by Crippen LogP contribution is 2.42. The highest BCUT2D eigenvalue weighted by molar-refractivity contribution is 6.31. The lowest BCUT2D eigenvalue weighted by molar-refractivity contribution is -0.140. The largest absolute Gasteiger partial charge is 0.487 e. The minimum absolute atomic E-state index is 0.00184. The van der Waals surface area contributed by atoms with Gasteiger partial charge in [-0.25, -0.2) is 18.3 Å². The Morgan fingerprint density at radius 1 is 1.18 bits per heavy atom. The number of carbonyl (C=O) groups excluding carboxylic acids is 3. The van der Waals surface area contributed by atoms with Crippen molar-refractivity contribution in [2.45, 2.75) is 57.2 Å². The number of benzene rings is 1. The summed E-state index contributed by atoms with van der Waals surface area (Å²) in [4.78, 5) is 44.2. The topological polar surface area (TPSA) is 113 Å². The van der Waals surface area contributed by atoms with Crippen molar-refractivity contribution < 1.29 is 27.9 Å². The van der Waals surface area contributed by atoms with Gasteiger partial charge in [0, 0.05) is 57.3 Å². The zero-order chi connectivity index (χ0) is 28.6. The van der Waals surface area contributed by atoms with Crippen LogP contribution < -0.4 is 10.1 Å². The molecule has 1 aromatic carbocycles. The molecule has 14 heteroatoms. The summed E-state index contributed by atoms with van der Waals surface area (Å²) in [6.07, 6.45) is 0.0434. The van der Waals surface area contributed by atoms with Crippen LogP contribution in [0.5, 0.6) is 5.75 Å². The molecule has 0 bridgehead atoms. The first kappa shape index (κ1) is 28.1. The molecule has 2 aromatic rings. The van der Waals surface area contributed by atoms with E-state index in [9.17, 15) is 23.2 Å². The van der Waals surface area contributed by atoms with Gasteiger partial charge in [-0.1, -0.05) is 16.8 Å². The average molecular weight is 580 g/mol. The summed E-state index contributed by atoms with van der Waals surface area (Å²) in [6, 6.07) is 1.79. The van der Waals surface area contributed by atoms with Gasteiger partial charge in [0.2, 0.25) is 11.8 Å². The van der Waals surface area contributed by atoms with Crippen molar-refractivity contribution in [3.05, 3.63) is 39.7 Å². The van der Waals surface area contributed by atoms with Crippen molar-refractivity contribution in [3.63, 3.8) is 0 Å². The molecule has 3 aliphatic rings. The zero-order valence-electron chi connectivity index (χ0n) is 22.4. The number of halogens is 3. The molecule has 1 aromatic heterocycles. The molecule has 11 nitrogen and oxygen atoms in total. The van der Waals surface area contributed by atoms with Crippen molar-refractivity contribution >= 4 is 29.4 Å². The molecule has 1 N–H and O–H groups in total. The Hall–Kier alpha value is -3.48. The van der Waals surface area contributed by atoms with E-state index in [1.54, 1.807) is 26.8 Å². The highest BCUT2D eigenvalue weighted by Gasteiger charge is 2.43. The van der Waals surface area contributed by atoms with Crippen LogP contribution >= 0.6 is 11.6 Å². The van der Waals surface area contributed by atoms with E-state index in [4.69, 9.17) is 16.3 Å². The van der Waals surface area contributed by atoms with E-state index < -0.39 is 18.5 Å². The second kappa shape index (κ2) is 11.6. The molecule has 3 aliphatic heterocycles. The maximum Gasteiger partial charge on any atom is 0.317 e.